The Morgan fingerprint density at radius 1 is 1.42 bits per heavy atom. The second-order valence-corrected chi connectivity index (χ2v) is 6.38. The molecule has 1 fully saturated rings. The molecule has 0 radical (unpaired) electrons. The maximum Gasteiger partial charge on any atom is 0.103 e. The fourth-order valence-electron chi connectivity index (χ4n) is 2.89. The highest BCUT2D eigenvalue weighted by Crippen LogP contribution is 2.17. The van der Waals surface area contributed by atoms with Crippen molar-refractivity contribution in [2.24, 2.45) is 5.92 Å². The van der Waals surface area contributed by atoms with E-state index in [4.69, 9.17) is 0 Å². The summed E-state index contributed by atoms with van der Waals surface area (Å²) in [5.74, 6) is 0.865. The summed E-state index contributed by atoms with van der Waals surface area (Å²) in [5.41, 5.74) is -0.328. The van der Waals surface area contributed by atoms with Crippen molar-refractivity contribution in [1.82, 2.24) is 10.2 Å². The summed E-state index contributed by atoms with van der Waals surface area (Å²) in [6.45, 7) is 11.2. The van der Waals surface area contributed by atoms with Gasteiger partial charge in [-0.15, -0.1) is 0 Å². The predicted octanol–water partition coefficient (Wildman–Crippen LogP) is 3.17. The minimum atomic E-state index is -0.328. The first-order valence-electron chi connectivity index (χ1n) is 7.98. The molecule has 1 N–H and O–H groups in total. The Kier molecular flexibility index (Phi) is 7.41. The van der Waals surface area contributed by atoms with Gasteiger partial charge in [0, 0.05) is 6.54 Å². The largest absolute Gasteiger partial charge is 0.303 e. The first-order valence-corrected chi connectivity index (χ1v) is 7.98. The third-order valence-corrected chi connectivity index (χ3v) is 4.15. The minimum absolute atomic E-state index is 0.328. The fourth-order valence-corrected chi connectivity index (χ4v) is 2.89. The van der Waals surface area contributed by atoms with E-state index in [1.165, 1.54) is 38.9 Å². The van der Waals surface area contributed by atoms with Crippen LogP contribution in [0.25, 0.3) is 0 Å². The predicted molar refractivity (Wildman–Crippen MR) is 81.0 cm³/mol. The fraction of sp³-hybridized carbons (Fsp3) is 0.938. The SMILES string of the molecule is CCCNC(C)(C#N)CCCCN1CCCC(C)C1. The van der Waals surface area contributed by atoms with Crippen LogP contribution in [-0.4, -0.2) is 36.6 Å². The molecule has 0 aromatic rings. The molecule has 0 amide bonds. The van der Waals surface area contributed by atoms with E-state index < -0.39 is 0 Å². The van der Waals surface area contributed by atoms with E-state index in [0.29, 0.717) is 0 Å². The topological polar surface area (TPSA) is 39.1 Å². The normalized spacial score (nSPS) is 23.8. The van der Waals surface area contributed by atoms with Gasteiger partial charge < -0.3 is 4.90 Å². The lowest BCUT2D eigenvalue weighted by molar-refractivity contribution is 0.179. The summed E-state index contributed by atoms with van der Waals surface area (Å²) < 4.78 is 0. The summed E-state index contributed by atoms with van der Waals surface area (Å²) in [6.07, 6.45) is 7.17. The molecular weight excluding hydrogens is 234 g/mol. The molecule has 2 unspecified atom stereocenters. The van der Waals surface area contributed by atoms with Crippen LogP contribution in [0.1, 0.15) is 59.3 Å². The van der Waals surface area contributed by atoms with Gasteiger partial charge in [-0.25, -0.2) is 0 Å². The standard InChI is InChI=1S/C16H31N3/c1-4-10-18-16(3,14-17)9-5-6-11-19-12-7-8-15(2)13-19/h15,18H,4-13H2,1-3H3. The molecule has 0 saturated carbocycles. The molecule has 1 rings (SSSR count). The highest BCUT2D eigenvalue weighted by molar-refractivity contribution is 5.03. The molecule has 1 aliphatic rings. The van der Waals surface area contributed by atoms with Crippen molar-refractivity contribution in [2.75, 3.05) is 26.2 Å². The number of hydrogen-bond donors (Lipinski definition) is 1. The van der Waals surface area contributed by atoms with Crippen molar-refractivity contribution < 1.29 is 0 Å². The molecular formula is C16H31N3. The average molecular weight is 265 g/mol. The quantitative estimate of drug-likeness (QED) is 0.685. The first kappa shape index (κ1) is 16.5. The second kappa shape index (κ2) is 8.55. The van der Waals surface area contributed by atoms with Crippen molar-refractivity contribution in [1.29, 1.82) is 5.26 Å². The van der Waals surface area contributed by atoms with Crippen molar-refractivity contribution in [3.8, 4) is 6.07 Å². The van der Waals surface area contributed by atoms with Gasteiger partial charge in [0.1, 0.15) is 5.54 Å². The Morgan fingerprint density at radius 3 is 2.84 bits per heavy atom. The Labute approximate surface area is 119 Å². The molecule has 1 aliphatic heterocycles. The number of nitrogens with zero attached hydrogens (tertiary/aromatic N) is 2. The molecule has 19 heavy (non-hydrogen) atoms. The maximum atomic E-state index is 9.27. The Balaban J connectivity index is 2.16. The van der Waals surface area contributed by atoms with Crippen LogP contribution >= 0.6 is 0 Å². The number of nitrogens with one attached hydrogen (secondary N) is 1. The third-order valence-electron chi connectivity index (χ3n) is 4.15. The summed E-state index contributed by atoms with van der Waals surface area (Å²) in [4.78, 5) is 2.59. The zero-order valence-corrected chi connectivity index (χ0v) is 13.0. The van der Waals surface area contributed by atoms with Gasteiger partial charge in [0.15, 0.2) is 0 Å². The van der Waals surface area contributed by atoms with Gasteiger partial charge in [0.2, 0.25) is 0 Å². The molecule has 0 aliphatic carbocycles. The second-order valence-electron chi connectivity index (χ2n) is 6.38. The molecule has 2 atom stereocenters. The van der Waals surface area contributed by atoms with Gasteiger partial charge in [-0.05, 0) is 71.0 Å². The van der Waals surface area contributed by atoms with Crippen LogP contribution in [0.3, 0.4) is 0 Å². The van der Waals surface area contributed by atoms with Crippen molar-refractivity contribution >= 4 is 0 Å². The smallest absolute Gasteiger partial charge is 0.103 e. The number of unbranched alkanes of at least 4 members (excludes halogenated alkanes) is 1. The number of piperidine rings is 1. The van der Waals surface area contributed by atoms with Crippen LogP contribution in [0.2, 0.25) is 0 Å². The van der Waals surface area contributed by atoms with E-state index in [9.17, 15) is 5.26 Å². The van der Waals surface area contributed by atoms with Crippen LogP contribution in [0, 0.1) is 17.2 Å². The number of nitriles is 1. The summed E-state index contributed by atoms with van der Waals surface area (Å²) in [5, 5.41) is 12.6. The summed E-state index contributed by atoms with van der Waals surface area (Å²) >= 11 is 0. The average Bonchev–Trinajstić information content (AvgIpc) is 2.42. The summed E-state index contributed by atoms with van der Waals surface area (Å²) in [7, 11) is 0. The van der Waals surface area contributed by atoms with Crippen molar-refractivity contribution in [3.63, 3.8) is 0 Å². The van der Waals surface area contributed by atoms with Crippen molar-refractivity contribution in [3.05, 3.63) is 0 Å². The van der Waals surface area contributed by atoms with E-state index in [2.05, 4.69) is 30.1 Å². The minimum Gasteiger partial charge on any atom is -0.303 e. The van der Waals surface area contributed by atoms with E-state index in [0.717, 1.165) is 31.7 Å². The van der Waals surface area contributed by atoms with Crippen molar-refractivity contribution in [2.45, 2.75) is 64.8 Å². The third kappa shape index (κ3) is 6.40. The molecule has 3 heteroatoms. The zero-order valence-electron chi connectivity index (χ0n) is 13.0. The molecule has 3 nitrogen and oxygen atoms in total. The zero-order chi connectivity index (χ0) is 14.1. The van der Waals surface area contributed by atoms with Gasteiger partial charge in [0.05, 0.1) is 6.07 Å². The lowest BCUT2D eigenvalue weighted by atomic mass is 9.95. The highest BCUT2D eigenvalue weighted by atomic mass is 15.1. The molecule has 110 valence electrons. The molecule has 1 heterocycles. The molecule has 0 spiro atoms. The van der Waals surface area contributed by atoms with Gasteiger partial charge in [0.25, 0.3) is 0 Å². The van der Waals surface area contributed by atoms with Gasteiger partial charge >= 0.3 is 0 Å². The maximum absolute atomic E-state index is 9.27. The Morgan fingerprint density at radius 2 is 2.21 bits per heavy atom. The molecule has 1 saturated heterocycles. The summed E-state index contributed by atoms with van der Waals surface area (Å²) in [6, 6.07) is 2.43. The van der Waals surface area contributed by atoms with E-state index in [-0.39, 0.29) is 5.54 Å². The first-order chi connectivity index (χ1) is 9.09. The van der Waals surface area contributed by atoms with E-state index in [1.807, 2.05) is 6.92 Å². The molecule has 0 aromatic heterocycles. The van der Waals surface area contributed by atoms with Gasteiger partial charge in [-0.2, -0.15) is 5.26 Å². The lowest BCUT2D eigenvalue weighted by Gasteiger charge is -2.31. The van der Waals surface area contributed by atoms with E-state index in [1.54, 1.807) is 0 Å². The molecule has 0 bridgehead atoms. The van der Waals surface area contributed by atoms with Crippen LogP contribution < -0.4 is 5.32 Å². The van der Waals surface area contributed by atoms with Gasteiger partial charge in [-0.3, -0.25) is 5.32 Å². The van der Waals surface area contributed by atoms with Gasteiger partial charge in [-0.1, -0.05) is 13.8 Å². The number of rotatable bonds is 8. The number of likely N-dealkylation sites (tertiary alicyclic amines) is 1. The Bertz CT molecular complexity index is 284. The van der Waals surface area contributed by atoms with Crippen LogP contribution in [0.4, 0.5) is 0 Å². The van der Waals surface area contributed by atoms with Crippen LogP contribution in [0.15, 0.2) is 0 Å². The monoisotopic (exact) mass is 265 g/mol. The number of hydrogen-bond acceptors (Lipinski definition) is 3. The van der Waals surface area contributed by atoms with Crippen LogP contribution in [-0.2, 0) is 0 Å². The Hall–Kier alpha value is -0.590. The lowest BCUT2D eigenvalue weighted by Crippen LogP contribution is -2.41. The van der Waals surface area contributed by atoms with Crippen LogP contribution in [0.5, 0.6) is 0 Å². The molecule has 0 aromatic carbocycles. The van der Waals surface area contributed by atoms with E-state index >= 15 is 0 Å². The highest BCUT2D eigenvalue weighted by Gasteiger charge is 2.22.